The lowest BCUT2D eigenvalue weighted by molar-refractivity contribution is -0.137. The molecule has 2 N–H and O–H groups in total. The quantitative estimate of drug-likeness (QED) is 0.731. The first-order valence-corrected chi connectivity index (χ1v) is 9.42. The SMILES string of the molecule is COc1cc(NC(C)C(=O)Nc2ccccc2C(F)(F)F)ccc1N1CCCC1=O. The van der Waals surface area contributed by atoms with E-state index in [9.17, 15) is 22.8 Å². The third-order valence-corrected chi connectivity index (χ3v) is 4.81. The molecule has 2 aromatic carbocycles. The molecule has 0 radical (unpaired) electrons. The molecule has 0 aliphatic carbocycles. The van der Waals surface area contributed by atoms with Crippen LogP contribution in [-0.4, -0.2) is 31.5 Å². The van der Waals surface area contributed by atoms with Gasteiger partial charge in [0.05, 0.1) is 24.0 Å². The Labute approximate surface area is 172 Å². The van der Waals surface area contributed by atoms with Gasteiger partial charge in [-0.3, -0.25) is 9.59 Å². The normalized spacial score (nSPS) is 15.1. The number of alkyl halides is 3. The molecule has 1 atom stereocenters. The molecule has 2 aromatic rings. The fraction of sp³-hybridized carbons (Fsp3) is 0.333. The Kier molecular flexibility index (Phi) is 6.19. The molecule has 3 rings (SSSR count). The number of para-hydroxylation sites is 1. The van der Waals surface area contributed by atoms with E-state index in [0.717, 1.165) is 12.5 Å². The number of rotatable bonds is 6. The number of methoxy groups -OCH3 is 1. The number of nitrogens with one attached hydrogen (secondary N) is 2. The second-order valence-corrected chi connectivity index (χ2v) is 6.93. The highest BCUT2D eigenvalue weighted by molar-refractivity contribution is 5.98. The van der Waals surface area contributed by atoms with Crippen molar-refractivity contribution in [2.45, 2.75) is 32.0 Å². The number of nitrogens with zero attached hydrogens (tertiary/aromatic N) is 1. The third-order valence-electron chi connectivity index (χ3n) is 4.81. The van der Waals surface area contributed by atoms with E-state index < -0.39 is 23.7 Å². The Morgan fingerprint density at radius 3 is 2.57 bits per heavy atom. The number of anilines is 3. The minimum atomic E-state index is -4.57. The number of hydrogen-bond acceptors (Lipinski definition) is 4. The highest BCUT2D eigenvalue weighted by atomic mass is 19.4. The number of carbonyl (C=O) groups excluding carboxylic acids is 2. The van der Waals surface area contributed by atoms with Crippen molar-refractivity contribution in [3.8, 4) is 5.75 Å². The molecule has 0 spiro atoms. The van der Waals surface area contributed by atoms with Crippen LogP contribution in [0.5, 0.6) is 5.75 Å². The molecule has 2 amide bonds. The highest BCUT2D eigenvalue weighted by Crippen LogP contribution is 2.35. The highest BCUT2D eigenvalue weighted by Gasteiger charge is 2.34. The van der Waals surface area contributed by atoms with Crippen molar-refractivity contribution in [2.24, 2.45) is 0 Å². The van der Waals surface area contributed by atoms with Crippen LogP contribution in [0.15, 0.2) is 42.5 Å². The van der Waals surface area contributed by atoms with Crippen LogP contribution in [0, 0.1) is 0 Å². The van der Waals surface area contributed by atoms with Gasteiger partial charge in [0.2, 0.25) is 11.8 Å². The van der Waals surface area contributed by atoms with Crippen molar-refractivity contribution in [1.29, 1.82) is 0 Å². The van der Waals surface area contributed by atoms with Crippen LogP contribution in [0.2, 0.25) is 0 Å². The maximum Gasteiger partial charge on any atom is 0.418 e. The third kappa shape index (κ3) is 4.67. The minimum Gasteiger partial charge on any atom is -0.494 e. The van der Waals surface area contributed by atoms with Gasteiger partial charge in [-0.15, -0.1) is 0 Å². The minimum absolute atomic E-state index is 0.0186. The van der Waals surface area contributed by atoms with E-state index >= 15 is 0 Å². The molecule has 1 heterocycles. The van der Waals surface area contributed by atoms with Crippen molar-refractivity contribution in [3.63, 3.8) is 0 Å². The van der Waals surface area contributed by atoms with Crippen LogP contribution in [0.3, 0.4) is 0 Å². The van der Waals surface area contributed by atoms with Crippen LogP contribution in [0.1, 0.15) is 25.3 Å². The van der Waals surface area contributed by atoms with E-state index in [1.54, 1.807) is 23.1 Å². The summed E-state index contributed by atoms with van der Waals surface area (Å²) in [4.78, 5) is 26.1. The first kappa shape index (κ1) is 21.5. The molecule has 1 aliphatic heterocycles. The van der Waals surface area contributed by atoms with E-state index in [1.165, 1.54) is 32.2 Å². The molecule has 1 unspecified atom stereocenters. The number of hydrogen-bond donors (Lipinski definition) is 2. The van der Waals surface area contributed by atoms with Crippen molar-refractivity contribution in [3.05, 3.63) is 48.0 Å². The van der Waals surface area contributed by atoms with Crippen LogP contribution < -0.4 is 20.3 Å². The molecule has 1 fully saturated rings. The molecular weight excluding hydrogens is 399 g/mol. The molecule has 1 saturated heterocycles. The number of benzene rings is 2. The Bertz CT molecular complexity index is 947. The summed E-state index contributed by atoms with van der Waals surface area (Å²) < 4.78 is 44.7. The first-order valence-electron chi connectivity index (χ1n) is 9.42. The smallest absolute Gasteiger partial charge is 0.418 e. The van der Waals surface area contributed by atoms with Gasteiger partial charge in [-0.05, 0) is 37.6 Å². The Balaban J connectivity index is 1.72. The number of amides is 2. The summed E-state index contributed by atoms with van der Waals surface area (Å²) in [6, 6.07) is 9.04. The Hall–Kier alpha value is -3.23. The number of ether oxygens (including phenoxy) is 1. The second kappa shape index (κ2) is 8.64. The second-order valence-electron chi connectivity index (χ2n) is 6.93. The summed E-state index contributed by atoms with van der Waals surface area (Å²) in [6.45, 7) is 2.15. The molecule has 0 saturated carbocycles. The van der Waals surface area contributed by atoms with Crippen molar-refractivity contribution >= 4 is 28.9 Å². The monoisotopic (exact) mass is 421 g/mol. The van der Waals surface area contributed by atoms with Crippen LogP contribution in [-0.2, 0) is 15.8 Å². The first-order chi connectivity index (χ1) is 14.2. The molecule has 0 aromatic heterocycles. The summed E-state index contributed by atoms with van der Waals surface area (Å²) in [5.41, 5.74) is -0.0354. The van der Waals surface area contributed by atoms with E-state index in [0.29, 0.717) is 30.1 Å². The van der Waals surface area contributed by atoms with Crippen LogP contribution >= 0.6 is 0 Å². The lowest BCUT2D eigenvalue weighted by atomic mass is 10.1. The summed E-state index contributed by atoms with van der Waals surface area (Å²) in [6.07, 6.45) is -3.31. The molecular formula is C21H22F3N3O3. The lowest BCUT2D eigenvalue weighted by Crippen LogP contribution is -2.32. The van der Waals surface area contributed by atoms with E-state index in [2.05, 4.69) is 10.6 Å². The standard InChI is InChI=1S/C21H22F3N3O3/c1-13(20(29)26-16-7-4-3-6-15(16)21(22,23)24)25-14-9-10-17(18(12-14)30-2)27-11-5-8-19(27)28/h3-4,6-7,9-10,12-13,25H,5,8,11H2,1-2H3,(H,26,29). The molecule has 0 bridgehead atoms. The maximum absolute atomic E-state index is 13.1. The molecule has 160 valence electrons. The van der Waals surface area contributed by atoms with Gasteiger partial charge in [-0.1, -0.05) is 12.1 Å². The van der Waals surface area contributed by atoms with Gasteiger partial charge >= 0.3 is 6.18 Å². The molecule has 6 nitrogen and oxygen atoms in total. The summed E-state index contributed by atoms with van der Waals surface area (Å²) in [5, 5.41) is 5.27. The van der Waals surface area contributed by atoms with Gasteiger partial charge in [0.25, 0.3) is 0 Å². The number of halogens is 3. The van der Waals surface area contributed by atoms with Gasteiger partial charge in [-0.25, -0.2) is 0 Å². The summed E-state index contributed by atoms with van der Waals surface area (Å²) in [5.74, 6) is -0.139. The van der Waals surface area contributed by atoms with Gasteiger partial charge in [-0.2, -0.15) is 13.2 Å². The average Bonchev–Trinajstić information content (AvgIpc) is 3.13. The van der Waals surface area contributed by atoms with Gasteiger partial charge < -0.3 is 20.3 Å². The zero-order valence-electron chi connectivity index (χ0n) is 16.5. The van der Waals surface area contributed by atoms with E-state index in [-0.39, 0.29) is 11.6 Å². The van der Waals surface area contributed by atoms with Crippen LogP contribution in [0.25, 0.3) is 0 Å². The molecule has 9 heteroatoms. The topological polar surface area (TPSA) is 70.7 Å². The largest absolute Gasteiger partial charge is 0.494 e. The lowest BCUT2D eigenvalue weighted by Gasteiger charge is -2.21. The fourth-order valence-electron chi connectivity index (χ4n) is 3.29. The predicted molar refractivity (Wildman–Crippen MR) is 108 cm³/mol. The summed E-state index contributed by atoms with van der Waals surface area (Å²) in [7, 11) is 1.48. The predicted octanol–water partition coefficient (Wildman–Crippen LogP) is 4.28. The fourth-order valence-corrected chi connectivity index (χ4v) is 3.29. The zero-order chi connectivity index (χ0) is 21.9. The van der Waals surface area contributed by atoms with Crippen molar-refractivity contribution < 1.29 is 27.5 Å². The Morgan fingerprint density at radius 2 is 1.93 bits per heavy atom. The van der Waals surface area contributed by atoms with Crippen molar-refractivity contribution in [1.82, 2.24) is 0 Å². The van der Waals surface area contributed by atoms with Crippen LogP contribution in [0.4, 0.5) is 30.2 Å². The van der Waals surface area contributed by atoms with E-state index in [4.69, 9.17) is 4.74 Å². The van der Waals surface area contributed by atoms with E-state index in [1.807, 2.05) is 0 Å². The summed E-state index contributed by atoms with van der Waals surface area (Å²) >= 11 is 0. The zero-order valence-corrected chi connectivity index (χ0v) is 16.5. The van der Waals surface area contributed by atoms with Crippen molar-refractivity contribution in [2.75, 3.05) is 29.2 Å². The maximum atomic E-state index is 13.1. The van der Waals surface area contributed by atoms with Gasteiger partial charge in [0.15, 0.2) is 0 Å². The Morgan fingerprint density at radius 1 is 1.20 bits per heavy atom. The molecule has 1 aliphatic rings. The van der Waals surface area contributed by atoms with Gasteiger partial charge in [0.1, 0.15) is 11.8 Å². The van der Waals surface area contributed by atoms with Gasteiger partial charge in [0, 0.05) is 24.7 Å². The number of carbonyl (C=O) groups is 2. The molecule has 30 heavy (non-hydrogen) atoms. The average molecular weight is 421 g/mol.